The van der Waals surface area contributed by atoms with Gasteiger partial charge in [0.1, 0.15) is 0 Å². The second-order valence-corrected chi connectivity index (χ2v) is 5.84. The molecule has 7 nitrogen and oxygen atoms in total. The lowest BCUT2D eigenvalue weighted by Gasteiger charge is -2.30. The Morgan fingerprint density at radius 3 is 2.76 bits per heavy atom. The van der Waals surface area contributed by atoms with Crippen molar-refractivity contribution in [1.82, 2.24) is 9.03 Å². The maximum Gasteiger partial charge on any atom is 0.336 e. The van der Waals surface area contributed by atoms with Gasteiger partial charge in [0.25, 0.3) is 10.2 Å². The average Bonchev–Trinajstić information content (AvgIpc) is 3.11. The van der Waals surface area contributed by atoms with E-state index in [1.54, 1.807) is 0 Å². The van der Waals surface area contributed by atoms with Crippen LogP contribution in [0.4, 0.5) is 0 Å². The molecule has 2 fully saturated rings. The molecule has 0 bridgehead atoms. The second-order valence-electron chi connectivity index (χ2n) is 4.14. The molecule has 1 N–H and O–H groups in total. The van der Waals surface area contributed by atoms with Crippen LogP contribution in [0.15, 0.2) is 0 Å². The van der Waals surface area contributed by atoms with Crippen molar-refractivity contribution in [1.29, 1.82) is 0 Å². The molecule has 1 saturated carbocycles. The predicted octanol–water partition coefficient (Wildman–Crippen LogP) is -1.14. The third-order valence-electron chi connectivity index (χ3n) is 2.73. The number of carbonyl (C=O) groups is 1. The Balaban J connectivity index is 1.98. The smallest absolute Gasteiger partial charge is 0.336 e. The second kappa shape index (κ2) is 4.89. The van der Waals surface area contributed by atoms with Crippen LogP contribution in [0.3, 0.4) is 0 Å². The van der Waals surface area contributed by atoms with Crippen molar-refractivity contribution in [2.24, 2.45) is 0 Å². The molecule has 8 heteroatoms. The van der Waals surface area contributed by atoms with Crippen molar-refractivity contribution >= 4 is 16.2 Å². The summed E-state index contributed by atoms with van der Waals surface area (Å²) in [6, 6.07) is 0.0550. The molecule has 2 rings (SSSR count). The van der Waals surface area contributed by atoms with E-state index in [-0.39, 0.29) is 25.7 Å². The Kier molecular flexibility index (Phi) is 3.67. The molecule has 1 unspecified atom stereocenters. The van der Waals surface area contributed by atoms with Gasteiger partial charge in [-0.2, -0.15) is 17.4 Å². The molecule has 0 aromatic carbocycles. The lowest BCUT2D eigenvalue weighted by atomic mass is 10.3. The Morgan fingerprint density at radius 1 is 1.47 bits per heavy atom. The molecule has 1 aliphatic heterocycles. The van der Waals surface area contributed by atoms with Gasteiger partial charge in [-0.05, 0) is 12.8 Å². The first-order valence-electron chi connectivity index (χ1n) is 5.50. The van der Waals surface area contributed by atoms with Gasteiger partial charge in [0.2, 0.25) is 0 Å². The summed E-state index contributed by atoms with van der Waals surface area (Å²) in [5, 5.41) is 0. The molecule has 0 spiro atoms. The maximum atomic E-state index is 11.9. The summed E-state index contributed by atoms with van der Waals surface area (Å²) < 4.78 is 37.3. The SMILES string of the molecule is COC(=O)C1CN(S(=O)(=O)NC2CC2)CCO1. The van der Waals surface area contributed by atoms with Gasteiger partial charge in [-0.3, -0.25) is 0 Å². The van der Waals surface area contributed by atoms with Gasteiger partial charge in [0.15, 0.2) is 6.10 Å². The number of methoxy groups -OCH3 is 1. The number of ether oxygens (including phenoxy) is 2. The van der Waals surface area contributed by atoms with Gasteiger partial charge in [-0.15, -0.1) is 0 Å². The summed E-state index contributed by atoms with van der Waals surface area (Å²) in [5.41, 5.74) is 0. The first-order chi connectivity index (χ1) is 8.03. The summed E-state index contributed by atoms with van der Waals surface area (Å²) >= 11 is 0. The number of carbonyl (C=O) groups excluding carboxylic acids is 1. The largest absolute Gasteiger partial charge is 0.467 e. The van der Waals surface area contributed by atoms with Gasteiger partial charge in [-0.25, -0.2) is 4.79 Å². The fraction of sp³-hybridized carbons (Fsp3) is 0.889. The monoisotopic (exact) mass is 264 g/mol. The number of morpholine rings is 1. The summed E-state index contributed by atoms with van der Waals surface area (Å²) in [6.07, 6.45) is 0.929. The molecule has 0 aromatic rings. The number of hydrogen-bond acceptors (Lipinski definition) is 5. The van der Waals surface area contributed by atoms with Gasteiger partial charge < -0.3 is 9.47 Å². The number of hydrogen-bond donors (Lipinski definition) is 1. The zero-order valence-electron chi connectivity index (χ0n) is 9.59. The van der Waals surface area contributed by atoms with Crippen LogP contribution < -0.4 is 4.72 Å². The highest BCUT2D eigenvalue weighted by Crippen LogP contribution is 2.21. The zero-order valence-corrected chi connectivity index (χ0v) is 10.4. The van der Waals surface area contributed by atoms with Crippen molar-refractivity contribution in [3.05, 3.63) is 0 Å². The number of esters is 1. The molecule has 0 amide bonds. The topological polar surface area (TPSA) is 84.9 Å². The highest BCUT2D eigenvalue weighted by atomic mass is 32.2. The van der Waals surface area contributed by atoms with Crippen molar-refractivity contribution < 1.29 is 22.7 Å². The highest BCUT2D eigenvalue weighted by molar-refractivity contribution is 7.87. The van der Waals surface area contributed by atoms with E-state index in [4.69, 9.17) is 4.74 Å². The summed E-state index contributed by atoms with van der Waals surface area (Å²) in [4.78, 5) is 11.3. The minimum absolute atomic E-state index is 0.00866. The lowest BCUT2D eigenvalue weighted by Crippen LogP contribution is -2.52. The number of nitrogens with one attached hydrogen (secondary N) is 1. The standard InChI is InChI=1S/C9H16N2O5S/c1-15-9(12)8-6-11(4-5-16-8)17(13,14)10-7-2-3-7/h7-8,10H,2-6H2,1H3. The number of rotatable bonds is 4. The molecule has 1 heterocycles. The molecule has 1 atom stereocenters. The Labute approximate surface area is 100 Å². The molecule has 98 valence electrons. The minimum Gasteiger partial charge on any atom is -0.467 e. The van der Waals surface area contributed by atoms with Crippen molar-refractivity contribution in [2.75, 3.05) is 26.8 Å². The Hall–Kier alpha value is -0.700. The van der Waals surface area contributed by atoms with E-state index in [1.807, 2.05) is 0 Å². The fourth-order valence-electron chi connectivity index (χ4n) is 1.60. The predicted molar refractivity (Wildman–Crippen MR) is 58.4 cm³/mol. The molecule has 0 radical (unpaired) electrons. The lowest BCUT2D eigenvalue weighted by molar-refractivity contribution is -0.157. The first kappa shape index (κ1) is 12.7. The van der Waals surface area contributed by atoms with Gasteiger partial charge in [0, 0.05) is 12.6 Å². The van der Waals surface area contributed by atoms with Gasteiger partial charge in [-0.1, -0.05) is 0 Å². The van der Waals surface area contributed by atoms with E-state index in [0.29, 0.717) is 0 Å². The summed E-state index contributed by atoms with van der Waals surface area (Å²) in [7, 11) is -2.25. The van der Waals surface area contributed by atoms with E-state index in [2.05, 4.69) is 9.46 Å². The zero-order chi connectivity index (χ0) is 12.5. The molecule has 2 aliphatic rings. The Bertz CT molecular complexity index is 392. The van der Waals surface area contributed by atoms with Crippen LogP contribution in [0, 0.1) is 0 Å². The highest BCUT2D eigenvalue weighted by Gasteiger charge is 2.36. The van der Waals surface area contributed by atoms with E-state index in [9.17, 15) is 13.2 Å². The number of nitrogens with zero attached hydrogens (tertiary/aromatic N) is 1. The van der Waals surface area contributed by atoms with E-state index in [0.717, 1.165) is 12.8 Å². The van der Waals surface area contributed by atoms with E-state index in [1.165, 1.54) is 11.4 Å². The van der Waals surface area contributed by atoms with E-state index >= 15 is 0 Å². The summed E-state index contributed by atoms with van der Waals surface area (Å²) in [5.74, 6) is -0.545. The molecule has 17 heavy (non-hydrogen) atoms. The summed E-state index contributed by atoms with van der Waals surface area (Å²) in [6.45, 7) is 0.468. The van der Waals surface area contributed by atoms with Gasteiger partial charge in [0.05, 0.1) is 20.3 Å². The van der Waals surface area contributed by atoms with E-state index < -0.39 is 22.3 Å². The molecule has 0 aromatic heterocycles. The first-order valence-corrected chi connectivity index (χ1v) is 6.94. The van der Waals surface area contributed by atoms with Crippen molar-refractivity contribution in [3.8, 4) is 0 Å². The third-order valence-corrected chi connectivity index (χ3v) is 4.37. The minimum atomic E-state index is -3.50. The third kappa shape index (κ3) is 3.15. The normalized spacial score (nSPS) is 26.8. The van der Waals surface area contributed by atoms with Crippen LogP contribution in [0.1, 0.15) is 12.8 Å². The quantitative estimate of drug-likeness (QED) is 0.649. The van der Waals surface area contributed by atoms with Crippen LogP contribution in [0.5, 0.6) is 0 Å². The van der Waals surface area contributed by atoms with Crippen LogP contribution in [0.2, 0.25) is 0 Å². The fourth-order valence-corrected chi connectivity index (χ4v) is 3.06. The van der Waals surface area contributed by atoms with Crippen molar-refractivity contribution in [3.63, 3.8) is 0 Å². The van der Waals surface area contributed by atoms with Crippen LogP contribution in [-0.2, 0) is 24.5 Å². The molecule has 1 saturated heterocycles. The molecule has 1 aliphatic carbocycles. The van der Waals surface area contributed by atoms with Crippen molar-refractivity contribution in [2.45, 2.75) is 25.0 Å². The maximum absolute atomic E-state index is 11.9. The van der Waals surface area contributed by atoms with Gasteiger partial charge >= 0.3 is 5.97 Å². The van der Waals surface area contributed by atoms with Crippen LogP contribution >= 0.6 is 0 Å². The Morgan fingerprint density at radius 2 is 2.18 bits per heavy atom. The average molecular weight is 264 g/mol. The van der Waals surface area contributed by atoms with Crippen LogP contribution in [0.25, 0.3) is 0 Å². The molecular formula is C9H16N2O5S. The molecular weight excluding hydrogens is 248 g/mol. The van der Waals surface area contributed by atoms with Crippen LogP contribution in [-0.4, -0.2) is 57.6 Å².